The topological polar surface area (TPSA) is 49.3 Å². The second-order valence-electron chi connectivity index (χ2n) is 4.97. The molecule has 3 nitrogen and oxygen atoms in total. The number of nitrogens with one attached hydrogen (secondary N) is 1. The van der Waals surface area contributed by atoms with Gasteiger partial charge in [0.25, 0.3) is 0 Å². The van der Waals surface area contributed by atoms with Gasteiger partial charge in [-0.25, -0.2) is 4.79 Å². The first-order valence-electron chi connectivity index (χ1n) is 6.75. The molecule has 0 aliphatic rings. The normalized spacial score (nSPS) is 12.0. The van der Waals surface area contributed by atoms with E-state index in [-0.39, 0.29) is 6.04 Å². The number of anilines is 1. The average Bonchev–Trinajstić information content (AvgIpc) is 2.49. The third-order valence-corrected chi connectivity index (χ3v) is 4.20. The van der Waals surface area contributed by atoms with E-state index in [1.165, 1.54) is 10.5 Å². The van der Waals surface area contributed by atoms with Crippen molar-refractivity contribution in [3.8, 4) is 0 Å². The van der Waals surface area contributed by atoms with E-state index in [9.17, 15) is 4.79 Å². The fourth-order valence-corrected chi connectivity index (χ4v) is 2.58. The minimum absolute atomic E-state index is 0.162. The molecule has 0 heterocycles. The van der Waals surface area contributed by atoms with Crippen molar-refractivity contribution in [1.29, 1.82) is 0 Å². The molecular formula is C17H19NO2S. The number of carbonyl (C=O) groups is 1. The van der Waals surface area contributed by atoms with Gasteiger partial charge in [0.2, 0.25) is 0 Å². The number of aromatic carboxylic acids is 1. The molecule has 2 rings (SSSR count). The number of carboxylic acids is 1. The minimum atomic E-state index is -0.898. The Labute approximate surface area is 129 Å². The maximum Gasteiger partial charge on any atom is 0.335 e. The van der Waals surface area contributed by atoms with Gasteiger partial charge in [0.1, 0.15) is 0 Å². The summed E-state index contributed by atoms with van der Waals surface area (Å²) in [6, 6.07) is 13.8. The summed E-state index contributed by atoms with van der Waals surface area (Å²) in [6.07, 6.45) is 2.06. The first-order valence-corrected chi connectivity index (χ1v) is 7.98. The van der Waals surface area contributed by atoms with Gasteiger partial charge < -0.3 is 10.4 Å². The summed E-state index contributed by atoms with van der Waals surface area (Å²) in [5.41, 5.74) is 3.41. The van der Waals surface area contributed by atoms with Crippen molar-refractivity contribution in [3.63, 3.8) is 0 Å². The predicted octanol–water partition coefficient (Wildman–Crippen LogP) is 4.59. The second-order valence-corrected chi connectivity index (χ2v) is 5.85. The Hall–Kier alpha value is -1.94. The molecule has 1 atom stereocenters. The Morgan fingerprint density at radius 2 is 1.86 bits per heavy atom. The van der Waals surface area contributed by atoms with E-state index in [1.807, 2.05) is 13.0 Å². The van der Waals surface area contributed by atoms with Crippen LogP contribution in [0.4, 0.5) is 5.69 Å². The van der Waals surface area contributed by atoms with E-state index in [0.717, 1.165) is 11.3 Å². The van der Waals surface area contributed by atoms with Gasteiger partial charge in [-0.1, -0.05) is 12.1 Å². The predicted molar refractivity (Wildman–Crippen MR) is 88.4 cm³/mol. The fourth-order valence-electron chi connectivity index (χ4n) is 2.17. The second kappa shape index (κ2) is 6.68. The van der Waals surface area contributed by atoms with E-state index in [0.29, 0.717) is 5.56 Å². The summed E-state index contributed by atoms with van der Waals surface area (Å²) < 4.78 is 0. The molecule has 4 heteroatoms. The van der Waals surface area contributed by atoms with Crippen molar-refractivity contribution in [2.75, 3.05) is 11.6 Å². The highest BCUT2D eigenvalue weighted by Crippen LogP contribution is 2.24. The molecule has 0 aromatic heterocycles. The van der Waals surface area contributed by atoms with Crippen LogP contribution < -0.4 is 5.32 Å². The van der Waals surface area contributed by atoms with Crippen LogP contribution in [0.25, 0.3) is 0 Å². The van der Waals surface area contributed by atoms with Crippen LogP contribution in [0.1, 0.15) is 34.5 Å². The lowest BCUT2D eigenvalue weighted by atomic mass is 10.1. The maximum absolute atomic E-state index is 10.9. The molecule has 2 aromatic rings. The van der Waals surface area contributed by atoms with Crippen molar-refractivity contribution in [1.82, 2.24) is 0 Å². The van der Waals surface area contributed by atoms with Crippen LogP contribution in [0.3, 0.4) is 0 Å². The lowest BCUT2D eigenvalue weighted by Crippen LogP contribution is -2.08. The van der Waals surface area contributed by atoms with Crippen molar-refractivity contribution in [3.05, 3.63) is 59.2 Å². The molecule has 0 spiro atoms. The number of carboxylic acid groups (broad SMARTS) is 1. The Bertz CT molecular complexity index is 638. The minimum Gasteiger partial charge on any atom is -0.478 e. The first kappa shape index (κ1) is 15.4. The van der Waals surface area contributed by atoms with Crippen molar-refractivity contribution < 1.29 is 9.90 Å². The summed E-state index contributed by atoms with van der Waals surface area (Å²) >= 11 is 1.72. The van der Waals surface area contributed by atoms with Gasteiger partial charge in [-0.3, -0.25) is 0 Å². The lowest BCUT2D eigenvalue weighted by Gasteiger charge is -2.18. The van der Waals surface area contributed by atoms with Gasteiger partial charge in [0.05, 0.1) is 5.56 Å². The van der Waals surface area contributed by atoms with Gasteiger partial charge in [-0.2, -0.15) is 0 Å². The largest absolute Gasteiger partial charge is 0.478 e. The highest BCUT2D eigenvalue weighted by atomic mass is 32.2. The Morgan fingerprint density at radius 1 is 1.19 bits per heavy atom. The summed E-state index contributed by atoms with van der Waals surface area (Å²) in [6.45, 7) is 4.01. The number of benzene rings is 2. The van der Waals surface area contributed by atoms with Crippen LogP contribution >= 0.6 is 11.8 Å². The molecule has 2 N–H and O–H groups in total. The van der Waals surface area contributed by atoms with Gasteiger partial charge in [0, 0.05) is 16.6 Å². The number of hydrogen-bond acceptors (Lipinski definition) is 3. The molecule has 0 saturated carbocycles. The Balaban J connectivity index is 2.14. The molecule has 110 valence electrons. The SMILES string of the molecule is CSc1ccc(C(C)Nc2ccc(C(=O)O)cc2C)cc1. The smallest absolute Gasteiger partial charge is 0.335 e. The average molecular weight is 301 g/mol. The van der Waals surface area contributed by atoms with Crippen LogP contribution in [-0.4, -0.2) is 17.3 Å². The molecule has 0 amide bonds. The third kappa shape index (κ3) is 3.79. The van der Waals surface area contributed by atoms with Gasteiger partial charge in [0.15, 0.2) is 0 Å². The van der Waals surface area contributed by atoms with Gasteiger partial charge in [-0.15, -0.1) is 11.8 Å². The molecule has 0 aliphatic carbocycles. The lowest BCUT2D eigenvalue weighted by molar-refractivity contribution is 0.0697. The van der Waals surface area contributed by atoms with Gasteiger partial charge >= 0.3 is 5.97 Å². The van der Waals surface area contributed by atoms with E-state index in [4.69, 9.17) is 5.11 Å². The summed E-state index contributed by atoms with van der Waals surface area (Å²) in [5.74, 6) is -0.898. The van der Waals surface area contributed by atoms with E-state index in [2.05, 4.69) is 42.8 Å². The molecule has 1 unspecified atom stereocenters. The summed E-state index contributed by atoms with van der Waals surface area (Å²) in [5, 5.41) is 12.4. The Kier molecular flexibility index (Phi) is 4.91. The highest BCUT2D eigenvalue weighted by molar-refractivity contribution is 7.98. The molecule has 2 aromatic carbocycles. The number of rotatable bonds is 5. The van der Waals surface area contributed by atoms with Crippen LogP contribution in [0.2, 0.25) is 0 Å². The van der Waals surface area contributed by atoms with Crippen LogP contribution in [-0.2, 0) is 0 Å². The molecule has 0 radical (unpaired) electrons. The molecule has 0 aliphatic heterocycles. The molecule has 0 fully saturated rings. The van der Waals surface area contributed by atoms with E-state index >= 15 is 0 Å². The zero-order chi connectivity index (χ0) is 15.4. The summed E-state index contributed by atoms with van der Waals surface area (Å²) in [7, 11) is 0. The van der Waals surface area contributed by atoms with Gasteiger partial charge in [-0.05, 0) is 61.6 Å². The molecule has 21 heavy (non-hydrogen) atoms. The van der Waals surface area contributed by atoms with Crippen LogP contribution in [0.15, 0.2) is 47.4 Å². The van der Waals surface area contributed by atoms with Crippen molar-refractivity contribution in [2.45, 2.75) is 24.8 Å². The zero-order valence-corrected chi connectivity index (χ0v) is 13.2. The zero-order valence-electron chi connectivity index (χ0n) is 12.4. The maximum atomic E-state index is 10.9. The van der Waals surface area contributed by atoms with Crippen LogP contribution in [0.5, 0.6) is 0 Å². The first-order chi connectivity index (χ1) is 10.0. The summed E-state index contributed by atoms with van der Waals surface area (Å²) in [4.78, 5) is 12.2. The van der Waals surface area contributed by atoms with Crippen molar-refractivity contribution >= 4 is 23.4 Å². The monoisotopic (exact) mass is 301 g/mol. The quantitative estimate of drug-likeness (QED) is 0.793. The molecular weight excluding hydrogens is 282 g/mol. The number of thioether (sulfide) groups is 1. The molecule has 0 saturated heterocycles. The highest BCUT2D eigenvalue weighted by Gasteiger charge is 2.09. The molecule has 0 bridgehead atoms. The van der Waals surface area contributed by atoms with Crippen LogP contribution in [0, 0.1) is 6.92 Å². The van der Waals surface area contributed by atoms with Crippen molar-refractivity contribution in [2.24, 2.45) is 0 Å². The fraction of sp³-hybridized carbons (Fsp3) is 0.235. The van der Waals surface area contributed by atoms with E-state index in [1.54, 1.807) is 23.9 Å². The van der Waals surface area contributed by atoms with E-state index < -0.39 is 5.97 Å². The number of aryl methyl sites for hydroxylation is 1. The third-order valence-electron chi connectivity index (χ3n) is 3.46. The number of hydrogen-bond donors (Lipinski definition) is 2. The standard InChI is InChI=1S/C17H19NO2S/c1-11-10-14(17(19)20)6-9-16(11)18-12(2)13-4-7-15(21-3)8-5-13/h4-10,12,18H,1-3H3,(H,19,20). The Morgan fingerprint density at radius 3 is 2.38 bits per heavy atom.